The Morgan fingerprint density at radius 2 is 1.62 bits per heavy atom. The Balaban J connectivity index is 1.48. The van der Waals surface area contributed by atoms with Gasteiger partial charge in [-0.15, -0.1) is 0 Å². The summed E-state index contributed by atoms with van der Waals surface area (Å²) in [5.74, 6) is -1.62. The second kappa shape index (κ2) is 11.6. The lowest BCUT2D eigenvalue weighted by Gasteiger charge is -2.08. The van der Waals surface area contributed by atoms with Crippen LogP contribution in [0.15, 0.2) is 71.8 Å². The number of aryl methyl sites for hydroxylation is 2. The van der Waals surface area contributed by atoms with Crippen molar-refractivity contribution in [3.63, 3.8) is 0 Å². The first-order valence-electron chi connectivity index (χ1n) is 10.3. The van der Waals surface area contributed by atoms with Crippen LogP contribution in [0.5, 0.6) is 5.75 Å². The molecule has 174 valence electrons. The summed E-state index contributed by atoms with van der Waals surface area (Å²) >= 11 is 5.82. The molecule has 0 aromatic heterocycles. The van der Waals surface area contributed by atoms with Gasteiger partial charge in [-0.05, 0) is 79.1 Å². The molecule has 0 aliphatic carbocycles. The van der Waals surface area contributed by atoms with Crippen molar-refractivity contribution in [1.29, 1.82) is 0 Å². The van der Waals surface area contributed by atoms with E-state index < -0.39 is 11.8 Å². The summed E-state index contributed by atoms with van der Waals surface area (Å²) in [6.45, 7) is 3.68. The van der Waals surface area contributed by atoms with E-state index in [-0.39, 0.29) is 12.5 Å². The van der Waals surface area contributed by atoms with Crippen LogP contribution in [0.1, 0.15) is 16.7 Å². The van der Waals surface area contributed by atoms with Crippen LogP contribution in [0.25, 0.3) is 0 Å². The Bertz CT molecular complexity index is 1230. The minimum Gasteiger partial charge on any atom is -0.484 e. The van der Waals surface area contributed by atoms with Gasteiger partial charge < -0.3 is 15.4 Å². The van der Waals surface area contributed by atoms with E-state index in [0.29, 0.717) is 27.7 Å². The standard InChI is InChI=1S/C25H23ClN4O4/c1-16-6-9-21(12-17(16)2)29-24(32)25(33)30-27-14-18-4-3-5-22(13-18)34-15-23(31)28-20-10-7-19(26)8-11-20/h3-14H,15H2,1-2H3,(H,28,31)(H,29,32)(H,30,33)/b27-14+. The first-order chi connectivity index (χ1) is 16.3. The Morgan fingerprint density at radius 1 is 0.882 bits per heavy atom. The Labute approximate surface area is 202 Å². The monoisotopic (exact) mass is 478 g/mol. The highest BCUT2D eigenvalue weighted by atomic mass is 35.5. The molecule has 0 radical (unpaired) electrons. The van der Waals surface area contributed by atoms with E-state index >= 15 is 0 Å². The minimum absolute atomic E-state index is 0.196. The Kier molecular flexibility index (Phi) is 8.37. The number of benzene rings is 3. The van der Waals surface area contributed by atoms with Gasteiger partial charge >= 0.3 is 11.8 Å². The molecule has 0 atom stereocenters. The number of nitrogens with one attached hydrogen (secondary N) is 3. The average molecular weight is 479 g/mol. The van der Waals surface area contributed by atoms with Crippen LogP contribution in [0.4, 0.5) is 11.4 Å². The van der Waals surface area contributed by atoms with Crippen LogP contribution in [-0.2, 0) is 14.4 Å². The molecule has 3 rings (SSSR count). The van der Waals surface area contributed by atoms with E-state index in [9.17, 15) is 14.4 Å². The highest BCUT2D eigenvalue weighted by Gasteiger charge is 2.13. The van der Waals surface area contributed by atoms with Gasteiger partial charge in [0, 0.05) is 16.4 Å². The summed E-state index contributed by atoms with van der Waals surface area (Å²) in [7, 11) is 0. The minimum atomic E-state index is -0.902. The number of anilines is 2. The van der Waals surface area contributed by atoms with Gasteiger partial charge in [0.1, 0.15) is 5.75 Å². The SMILES string of the molecule is Cc1ccc(NC(=O)C(=O)N/N=C/c2cccc(OCC(=O)Nc3ccc(Cl)cc3)c2)cc1C. The molecule has 3 aromatic rings. The van der Waals surface area contributed by atoms with Crippen LogP contribution in [0.3, 0.4) is 0 Å². The lowest BCUT2D eigenvalue weighted by atomic mass is 10.1. The van der Waals surface area contributed by atoms with Gasteiger partial charge in [0.15, 0.2) is 6.61 Å². The predicted octanol–water partition coefficient (Wildman–Crippen LogP) is 4.06. The smallest absolute Gasteiger partial charge is 0.329 e. The number of halogens is 1. The van der Waals surface area contributed by atoms with E-state index in [1.807, 2.05) is 19.9 Å². The summed E-state index contributed by atoms with van der Waals surface area (Å²) in [6, 6.07) is 18.8. The van der Waals surface area contributed by atoms with E-state index in [1.165, 1.54) is 6.21 Å². The number of hydrogen-bond acceptors (Lipinski definition) is 5. The van der Waals surface area contributed by atoms with Gasteiger partial charge in [-0.1, -0.05) is 29.8 Å². The highest BCUT2D eigenvalue weighted by Crippen LogP contribution is 2.15. The molecule has 0 aliphatic heterocycles. The van der Waals surface area contributed by atoms with Gasteiger partial charge in [0.25, 0.3) is 5.91 Å². The molecular formula is C25H23ClN4O4. The van der Waals surface area contributed by atoms with Crippen LogP contribution >= 0.6 is 11.6 Å². The number of ether oxygens (including phenoxy) is 1. The van der Waals surface area contributed by atoms with E-state index in [1.54, 1.807) is 60.7 Å². The second-order valence-electron chi connectivity index (χ2n) is 7.37. The summed E-state index contributed by atoms with van der Waals surface area (Å²) in [5.41, 5.74) is 6.00. The molecule has 0 spiro atoms. The number of amides is 3. The number of carbonyl (C=O) groups is 3. The van der Waals surface area contributed by atoms with Crippen molar-refractivity contribution in [3.8, 4) is 5.75 Å². The molecule has 0 fully saturated rings. The molecule has 0 aliphatic rings. The largest absolute Gasteiger partial charge is 0.484 e. The van der Waals surface area contributed by atoms with Crippen molar-refractivity contribution in [1.82, 2.24) is 5.43 Å². The van der Waals surface area contributed by atoms with Gasteiger partial charge in [-0.2, -0.15) is 5.10 Å². The molecule has 0 heterocycles. The zero-order chi connectivity index (χ0) is 24.5. The topological polar surface area (TPSA) is 109 Å². The van der Waals surface area contributed by atoms with Gasteiger partial charge in [-0.25, -0.2) is 5.43 Å². The van der Waals surface area contributed by atoms with Crippen LogP contribution in [0.2, 0.25) is 5.02 Å². The third-order valence-corrected chi connectivity index (χ3v) is 4.96. The highest BCUT2D eigenvalue weighted by molar-refractivity contribution is 6.39. The average Bonchev–Trinajstić information content (AvgIpc) is 2.82. The number of nitrogens with zero attached hydrogens (tertiary/aromatic N) is 1. The summed E-state index contributed by atoms with van der Waals surface area (Å²) < 4.78 is 5.50. The summed E-state index contributed by atoms with van der Waals surface area (Å²) in [6.07, 6.45) is 1.36. The van der Waals surface area contributed by atoms with Gasteiger partial charge in [0.2, 0.25) is 0 Å². The molecule has 0 unspecified atom stereocenters. The molecule has 8 nitrogen and oxygen atoms in total. The van der Waals surface area contributed by atoms with Crippen molar-refractivity contribution in [2.45, 2.75) is 13.8 Å². The van der Waals surface area contributed by atoms with E-state index in [2.05, 4.69) is 21.2 Å². The molecule has 3 aromatic carbocycles. The fourth-order valence-corrected chi connectivity index (χ4v) is 2.91. The lowest BCUT2D eigenvalue weighted by Crippen LogP contribution is -2.32. The Morgan fingerprint density at radius 3 is 2.35 bits per heavy atom. The van der Waals surface area contributed by atoms with Crippen molar-refractivity contribution < 1.29 is 19.1 Å². The number of rotatable bonds is 7. The van der Waals surface area contributed by atoms with Crippen LogP contribution < -0.4 is 20.8 Å². The first-order valence-corrected chi connectivity index (χ1v) is 10.7. The fraction of sp³-hybridized carbons (Fsp3) is 0.120. The van der Waals surface area contributed by atoms with E-state index in [4.69, 9.17) is 16.3 Å². The molecule has 0 saturated carbocycles. The maximum atomic E-state index is 12.1. The molecule has 0 saturated heterocycles. The van der Waals surface area contributed by atoms with Crippen molar-refractivity contribution in [3.05, 3.63) is 88.4 Å². The quantitative estimate of drug-likeness (QED) is 0.270. The first kappa shape index (κ1) is 24.5. The zero-order valence-corrected chi connectivity index (χ0v) is 19.3. The zero-order valence-electron chi connectivity index (χ0n) is 18.6. The molecule has 0 bridgehead atoms. The fourth-order valence-electron chi connectivity index (χ4n) is 2.79. The van der Waals surface area contributed by atoms with Crippen molar-refractivity contribution in [2.75, 3.05) is 17.2 Å². The molecular weight excluding hydrogens is 456 g/mol. The summed E-state index contributed by atoms with van der Waals surface area (Å²) in [4.78, 5) is 36.1. The summed E-state index contributed by atoms with van der Waals surface area (Å²) in [5, 5.41) is 9.60. The number of carbonyl (C=O) groups excluding carboxylic acids is 3. The number of hydrazone groups is 1. The molecule has 9 heteroatoms. The lowest BCUT2D eigenvalue weighted by molar-refractivity contribution is -0.136. The maximum Gasteiger partial charge on any atom is 0.329 e. The third kappa shape index (κ3) is 7.46. The molecule has 34 heavy (non-hydrogen) atoms. The van der Waals surface area contributed by atoms with Crippen LogP contribution in [-0.4, -0.2) is 30.5 Å². The number of hydrogen-bond donors (Lipinski definition) is 3. The third-order valence-electron chi connectivity index (χ3n) is 4.71. The van der Waals surface area contributed by atoms with Crippen LogP contribution in [0, 0.1) is 13.8 Å². The normalized spacial score (nSPS) is 10.6. The second-order valence-corrected chi connectivity index (χ2v) is 7.80. The van der Waals surface area contributed by atoms with Gasteiger partial charge in [0.05, 0.1) is 6.21 Å². The van der Waals surface area contributed by atoms with E-state index in [0.717, 1.165) is 11.1 Å². The molecule has 3 N–H and O–H groups in total. The van der Waals surface area contributed by atoms with Gasteiger partial charge in [-0.3, -0.25) is 14.4 Å². The van der Waals surface area contributed by atoms with Crippen molar-refractivity contribution in [2.24, 2.45) is 5.10 Å². The predicted molar refractivity (Wildman–Crippen MR) is 132 cm³/mol. The molecule has 3 amide bonds. The van der Waals surface area contributed by atoms with Crippen molar-refractivity contribution >= 4 is 46.9 Å². The maximum absolute atomic E-state index is 12.1. The Hall–Kier alpha value is -4.17.